The van der Waals surface area contributed by atoms with Crippen molar-refractivity contribution in [2.45, 2.75) is 51.7 Å². The largest absolute Gasteiger partial charge is 0.447 e. The van der Waals surface area contributed by atoms with Crippen LogP contribution in [0.3, 0.4) is 0 Å². The average Bonchev–Trinajstić information content (AvgIpc) is 3.47. The number of nitrogens with one attached hydrogen (secondary N) is 2. The summed E-state index contributed by atoms with van der Waals surface area (Å²) in [4.78, 5) is 29.0. The molecule has 0 spiro atoms. The van der Waals surface area contributed by atoms with E-state index in [-0.39, 0.29) is 24.8 Å². The number of hydrogen-bond donors (Lipinski definition) is 2. The molecule has 172 valence electrons. The Bertz CT molecular complexity index is 702. The molecule has 2 aromatic rings. The second kappa shape index (κ2) is 14.8. The first-order valence-electron chi connectivity index (χ1n) is 10.6. The molecule has 0 aliphatic heterocycles. The van der Waals surface area contributed by atoms with Gasteiger partial charge in [-0.25, -0.2) is 9.59 Å². The van der Waals surface area contributed by atoms with Gasteiger partial charge in [-0.3, -0.25) is 4.90 Å². The van der Waals surface area contributed by atoms with Crippen molar-refractivity contribution in [2.24, 2.45) is 0 Å². The highest BCUT2D eigenvalue weighted by molar-refractivity contribution is 7.10. The molecule has 2 heterocycles. The zero-order chi connectivity index (χ0) is 22.3. The summed E-state index contributed by atoms with van der Waals surface area (Å²) in [6.45, 7) is 4.38. The monoisotopic (exact) mass is 467 g/mol. The highest BCUT2D eigenvalue weighted by Gasteiger charge is 2.20. The lowest BCUT2D eigenvalue weighted by Crippen LogP contribution is -2.45. The van der Waals surface area contributed by atoms with Crippen molar-refractivity contribution in [3.05, 3.63) is 44.8 Å². The molecule has 0 fully saturated rings. The van der Waals surface area contributed by atoms with Gasteiger partial charge in [0.25, 0.3) is 0 Å². The smallest absolute Gasteiger partial charge is 0.410 e. The lowest BCUT2D eigenvalue weighted by molar-refractivity contribution is 0.0880. The molecule has 2 aromatic heterocycles. The molecule has 31 heavy (non-hydrogen) atoms. The highest BCUT2D eigenvalue weighted by atomic mass is 32.1. The molecular weight excluding hydrogens is 434 g/mol. The van der Waals surface area contributed by atoms with E-state index in [1.807, 2.05) is 35.0 Å². The van der Waals surface area contributed by atoms with Crippen LogP contribution in [0.1, 0.15) is 42.4 Å². The zero-order valence-corrected chi connectivity index (χ0v) is 19.9. The number of ether oxygens (including phenoxy) is 2. The summed E-state index contributed by atoms with van der Waals surface area (Å²) in [5, 5.41) is 9.75. The minimum atomic E-state index is -0.370. The van der Waals surface area contributed by atoms with Crippen LogP contribution < -0.4 is 10.6 Å². The van der Waals surface area contributed by atoms with Gasteiger partial charge in [-0.1, -0.05) is 31.9 Å². The number of unbranched alkanes of at least 4 members (excludes halogenated alkanes) is 1. The van der Waals surface area contributed by atoms with Gasteiger partial charge in [0.1, 0.15) is 6.61 Å². The Morgan fingerprint density at radius 1 is 1.10 bits per heavy atom. The summed E-state index contributed by atoms with van der Waals surface area (Å²) in [5.41, 5.74) is 0. The number of thiophene rings is 2. The van der Waals surface area contributed by atoms with E-state index in [1.165, 1.54) is 0 Å². The van der Waals surface area contributed by atoms with Crippen molar-refractivity contribution in [1.82, 2.24) is 15.5 Å². The second-order valence-corrected chi connectivity index (χ2v) is 9.24. The molecule has 2 rings (SSSR count). The third kappa shape index (κ3) is 10.2. The Labute approximate surface area is 192 Å². The number of amides is 3. The number of nitrogens with zero attached hydrogens (tertiary/aromatic N) is 1. The third-order valence-corrected chi connectivity index (χ3v) is 6.29. The van der Waals surface area contributed by atoms with Crippen LogP contribution in [-0.4, -0.2) is 49.9 Å². The van der Waals surface area contributed by atoms with Crippen molar-refractivity contribution in [1.29, 1.82) is 0 Å². The SMILES string of the molecule is CCCC[C@H](COC(=O)N(Cc1cccs1)Cc1cccs1)NC(=O)NCCCOC. The van der Waals surface area contributed by atoms with E-state index >= 15 is 0 Å². The molecule has 9 heteroatoms. The first kappa shape index (κ1) is 25.2. The average molecular weight is 468 g/mol. The Hall–Kier alpha value is -2.10. The molecule has 0 unspecified atom stereocenters. The fraction of sp³-hybridized carbons (Fsp3) is 0.545. The first-order valence-corrected chi connectivity index (χ1v) is 12.4. The van der Waals surface area contributed by atoms with Crippen molar-refractivity contribution >= 4 is 34.8 Å². The van der Waals surface area contributed by atoms with Crippen LogP contribution in [0.4, 0.5) is 9.59 Å². The van der Waals surface area contributed by atoms with E-state index in [2.05, 4.69) is 17.6 Å². The number of carbonyl (C=O) groups excluding carboxylic acids is 2. The van der Waals surface area contributed by atoms with Crippen molar-refractivity contribution in [3.63, 3.8) is 0 Å². The van der Waals surface area contributed by atoms with E-state index in [0.717, 1.165) is 35.4 Å². The standard InChI is InChI=1S/C22H33N3O4S2/c1-3-4-8-18(24-21(26)23-11-7-12-28-2)17-29-22(27)25(15-19-9-5-13-30-19)16-20-10-6-14-31-20/h5-6,9-10,13-14,18H,3-4,7-8,11-12,15-17H2,1-2H3,(H2,23,24,26)/t18-/m1/s1. The molecule has 7 nitrogen and oxygen atoms in total. The number of rotatable bonds is 14. The van der Waals surface area contributed by atoms with Crippen molar-refractivity contribution in [2.75, 3.05) is 26.9 Å². The Balaban J connectivity index is 1.89. The summed E-state index contributed by atoms with van der Waals surface area (Å²) in [5.74, 6) is 0. The molecule has 0 radical (unpaired) electrons. The third-order valence-electron chi connectivity index (χ3n) is 4.57. The van der Waals surface area contributed by atoms with Crippen LogP contribution in [0.25, 0.3) is 0 Å². The summed E-state index contributed by atoms with van der Waals surface area (Å²) < 4.78 is 10.6. The maximum absolute atomic E-state index is 12.9. The molecule has 0 bridgehead atoms. The number of carbonyl (C=O) groups is 2. The normalized spacial score (nSPS) is 11.7. The van der Waals surface area contributed by atoms with Crippen LogP contribution in [0, 0.1) is 0 Å². The minimum absolute atomic E-state index is 0.149. The van der Waals surface area contributed by atoms with Gasteiger partial charge in [0.15, 0.2) is 0 Å². The fourth-order valence-electron chi connectivity index (χ4n) is 2.93. The summed E-state index contributed by atoms with van der Waals surface area (Å²) in [7, 11) is 1.63. The lowest BCUT2D eigenvalue weighted by atomic mass is 10.1. The number of methoxy groups -OCH3 is 1. The molecule has 0 saturated carbocycles. The van der Waals surface area contributed by atoms with Gasteiger partial charge in [0, 0.05) is 30.0 Å². The summed E-state index contributed by atoms with van der Waals surface area (Å²) >= 11 is 3.23. The van der Waals surface area contributed by atoms with Crippen molar-refractivity contribution in [3.8, 4) is 0 Å². The second-order valence-electron chi connectivity index (χ2n) is 7.18. The topological polar surface area (TPSA) is 79.9 Å². The van der Waals surface area contributed by atoms with E-state index in [9.17, 15) is 9.59 Å². The molecule has 0 aliphatic rings. The van der Waals surface area contributed by atoms with E-state index < -0.39 is 0 Å². The predicted molar refractivity (Wildman–Crippen MR) is 126 cm³/mol. The van der Waals surface area contributed by atoms with E-state index in [4.69, 9.17) is 9.47 Å². The van der Waals surface area contributed by atoms with Gasteiger partial charge in [0.05, 0.1) is 19.1 Å². The van der Waals surface area contributed by atoms with Crippen molar-refractivity contribution < 1.29 is 19.1 Å². The molecule has 0 saturated heterocycles. The zero-order valence-electron chi connectivity index (χ0n) is 18.3. The van der Waals surface area contributed by atoms with Crippen LogP contribution in [0.15, 0.2) is 35.0 Å². The van der Waals surface area contributed by atoms with Gasteiger partial charge < -0.3 is 20.1 Å². The maximum atomic E-state index is 12.9. The Morgan fingerprint density at radius 3 is 2.32 bits per heavy atom. The molecule has 0 aliphatic carbocycles. The predicted octanol–water partition coefficient (Wildman–Crippen LogP) is 4.84. The lowest BCUT2D eigenvalue weighted by Gasteiger charge is -2.24. The number of urea groups is 1. The quantitative estimate of drug-likeness (QED) is 0.390. The van der Waals surface area contributed by atoms with E-state index in [1.54, 1.807) is 34.7 Å². The van der Waals surface area contributed by atoms with Gasteiger partial charge in [-0.15, -0.1) is 22.7 Å². The Morgan fingerprint density at radius 2 is 1.77 bits per heavy atom. The van der Waals surface area contributed by atoms with Crippen LogP contribution in [-0.2, 0) is 22.6 Å². The van der Waals surface area contributed by atoms with Gasteiger partial charge in [-0.2, -0.15) is 0 Å². The van der Waals surface area contributed by atoms with E-state index in [0.29, 0.717) is 26.2 Å². The maximum Gasteiger partial charge on any atom is 0.410 e. The first-order chi connectivity index (χ1) is 15.1. The van der Waals surface area contributed by atoms with Crippen LogP contribution in [0.2, 0.25) is 0 Å². The molecule has 1 atom stereocenters. The molecule has 2 N–H and O–H groups in total. The summed E-state index contributed by atoms with van der Waals surface area (Å²) in [6.07, 6.45) is 3.08. The van der Waals surface area contributed by atoms with Gasteiger partial charge in [0.2, 0.25) is 0 Å². The van der Waals surface area contributed by atoms with Crippen LogP contribution in [0.5, 0.6) is 0 Å². The molecule has 3 amide bonds. The molecule has 0 aromatic carbocycles. The fourth-order valence-corrected chi connectivity index (χ4v) is 4.37. The van der Waals surface area contributed by atoms with Gasteiger partial charge >= 0.3 is 12.1 Å². The Kier molecular flexibility index (Phi) is 12.0. The van der Waals surface area contributed by atoms with Gasteiger partial charge in [-0.05, 0) is 35.7 Å². The highest BCUT2D eigenvalue weighted by Crippen LogP contribution is 2.18. The molecular formula is C22H33N3O4S2. The minimum Gasteiger partial charge on any atom is -0.447 e. The number of hydrogen-bond acceptors (Lipinski definition) is 6. The van der Waals surface area contributed by atoms with Crippen LogP contribution >= 0.6 is 22.7 Å². The summed E-state index contributed by atoms with van der Waals surface area (Å²) in [6, 6.07) is 7.51.